The fourth-order valence-electron chi connectivity index (χ4n) is 1.40. The van der Waals surface area contributed by atoms with E-state index in [2.05, 4.69) is 0 Å². The first-order valence-electron chi connectivity index (χ1n) is 4.86. The molecule has 1 nitrogen and oxygen atoms in total. The van der Waals surface area contributed by atoms with Gasteiger partial charge in [-0.15, -0.1) is 0 Å². The van der Waals surface area contributed by atoms with E-state index in [9.17, 15) is 18.0 Å². The van der Waals surface area contributed by atoms with E-state index < -0.39 is 5.51 Å². The Morgan fingerprint density at radius 3 is 2.19 bits per heavy atom. The van der Waals surface area contributed by atoms with E-state index in [1.807, 2.05) is 0 Å². The van der Waals surface area contributed by atoms with Crippen molar-refractivity contribution in [3.63, 3.8) is 0 Å². The first kappa shape index (κ1) is 11.5. The highest BCUT2D eigenvalue weighted by Crippen LogP contribution is 2.37. The van der Waals surface area contributed by atoms with Crippen molar-refractivity contribution in [1.82, 2.24) is 0 Å². The van der Waals surface area contributed by atoms with E-state index in [1.54, 1.807) is 0 Å². The average Bonchev–Trinajstić information content (AvgIpc) is 2.98. The second-order valence-corrected chi connectivity index (χ2v) is 4.85. The first-order valence-corrected chi connectivity index (χ1v) is 5.67. The van der Waals surface area contributed by atoms with Crippen LogP contribution in [0.4, 0.5) is 13.2 Å². The summed E-state index contributed by atoms with van der Waals surface area (Å²) in [6.45, 7) is 0. The molecule has 0 radical (unpaired) electrons. The second kappa shape index (κ2) is 4.13. The van der Waals surface area contributed by atoms with Gasteiger partial charge in [0.25, 0.3) is 0 Å². The zero-order chi connectivity index (χ0) is 11.8. The highest BCUT2D eigenvalue weighted by molar-refractivity contribution is 8.00. The largest absolute Gasteiger partial charge is 0.446 e. The molecule has 5 heteroatoms. The monoisotopic (exact) mass is 246 g/mol. The molecular weight excluding hydrogens is 237 g/mol. The number of Topliss-reactive ketones (excluding diaryl/α,β-unsaturated/α-hetero) is 1. The van der Waals surface area contributed by atoms with Crippen LogP contribution >= 0.6 is 11.8 Å². The molecule has 1 aliphatic rings. The SMILES string of the molecule is O=C(c1ccc(SC(F)(F)F)cc1)C1CC1. The van der Waals surface area contributed by atoms with Crippen molar-refractivity contribution in [2.75, 3.05) is 0 Å². The van der Waals surface area contributed by atoms with Gasteiger partial charge < -0.3 is 0 Å². The Kier molecular flexibility index (Phi) is 2.97. The van der Waals surface area contributed by atoms with Crippen molar-refractivity contribution < 1.29 is 18.0 Å². The zero-order valence-electron chi connectivity index (χ0n) is 8.25. The molecule has 1 aromatic carbocycles. The number of benzene rings is 1. The highest BCUT2D eigenvalue weighted by Gasteiger charge is 2.31. The lowest BCUT2D eigenvalue weighted by molar-refractivity contribution is -0.0328. The second-order valence-electron chi connectivity index (χ2n) is 3.71. The summed E-state index contributed by atoms with van der Waals surface area (Å²) < 4.78 is 36.1. The molecule has 0 unspecified atom stereocenters. The summed E-state index contributed by atoms with van der Waals surface area (Å²) in [5, 5.41) is 0. The molecule has 1 aromatic rings. The van der Waals surface area contributed by atoms with Crippen LogP contribution in [-0.4, -0.2) is 11.3 Å². The van der Waals surface area contributed by atoms with Gasteiger partial charge in [0, 0.05) is 16.4 Å². The maximum Gasteiger partial charge on any atom is 0.446 e. The number of halogens is 3. The molecule has 0 N–H and O–H groups in total. The number of hydrogen-bond acceptors (Lipinski definition) is 2. The lowest BCUT2D eigenvalue weighted by Crippen LogP contribution is -2.02. The fraction of sp³-hybridized carbons (Fsp3) is 0.364. The number of carbonyl (C=O) groups is 1. The Balaban J connectivity index is 2.07. The van der Waals surface area contributed by atoms with Gasteiger partial charge in [0.1, 0.15) is 0 Å². The number of rotatable bonds is 3. The summed E-state index contributed by atoms with van der Waals surface area (Å²) >= 11 is -0.166. The molecule has 1 saturated carbocycles. The molecule has 0 aromatic heterocycles. The molecule has 0 spiro atoms. The maximum absolute atomic E-state index is 12.0. The van der Waals surface area contributed by atoms with Crippen LogP contribution in [0.2, 0.25) is 0 Å². The number of hydrogen-bond donors (Lipinski definition) is 0. The summed E-state index contributed by atoms with van der Waals surface area (Å²) in [4.78, 5) is 11.7. The average molecular weight is 246 g/mol. The Labute approximate surface area is 95.0 Å². The predicted octanol–water partition coefficient (Wildman–Crippen LogP) is 3.89. The van der Waals surface area contributed by atoms with E-state index in [0.717, 1.165) is 12.8 Å². The van der Waals surface area contributed by atoms with Crippen molar-refractivity contribution in [3.05, 3.63) is 29.8 Å². The van der Waals surface area contributed by atoms with Gasteiger partial charge in [-0.2, -0.15) is 13.2 Å². The zero-order valence-corrected chi connectivity index (χ0v) is 9.07. The Hall–Kier alpha value is -0.970. The molecule has 1 aliphatic carbocycles. The third kappa shape index (κ3) is 3.01. The molecule has 86 valence electrons. The maximum atomic E-state index is 12.0. The minimum atomic E-state index is -4.28. The van der Waals surface area contributed by atoms with Crippen molar-refractivity contribution >= 4 is 17.5 Å². The summed E-state index contributed by atoms with van der Waals surface area (Å²) in [6, 6.07) is 5.62. The number of ketones is 1. The van der Waals surface area contributed by atoms with E-state index in [4.69, 9.17) is 0 Å². The molecule has 0 heterocycles. The van der Waals surface area contributed by atoms with Gasteiger partial charge in [0.05, 0.1) is 0 Å². The standard InChI is InChI=1S/C11H9F3OS/c12-11(13,14)16-9-5-3-8(4-6-9)10(15)7-1-2-7/h3-7H,1-2H2. The fourth-order valence-corrected chi connectivity index (χ4v) is 1.94. The lowest BCUT2D eigenvalue weighted by atomic mass is 10.1. The minimum Gasteiger partial charge on any atom is -0.294 e. The quantitative estimate of drug-likeness (QED) is 0.594. The summed E-state index contributed by atoms with van der Waals surface area (Å²) in [6.07, 6.45) is 1.80. The van der Waals surface area contributed by atoms with Gasteiger partial charge in [-0.05, 0) is 36.7 Å². The van der Waals surface area contributed by atoms with Crippen LogP contribution in [0.25, 0.3) is 0 Å². The number of thioether (sulfide) groups is 1. The Morgan fingerprint density at radius 2 is 1.75 bits per heavy atom. The Morgan fingerprint density at radius 1 is 1.19 bits per heavy atom. The molecule has 0 atom stereocenters. The normalized spacial score (nSPS) is 16.2. The number of carbonyl (C=O) groups excluding carboxylic acids is 1. The molecule has 0 amide bonds. The third-order valence-corrected chi connectivity index (χ3v) is 3.06. The molecule has 0 saturated heterocycles. The van der Waals surface area contributed by atoms with Crippen molar-refractivity contribution in [3.8, 4) is 0 Å². The van der Waals surface area contributed by atoms with E-state index >= 15 is 0 Å². The summed E-state index contributed by atoms with van der Waals surface area (Å²) in [5.41, 5.74) is -3.77. The predicted molar refractivity (Wildman–Crippen MR) is 55.4 cm³/mol. The van der Waals surface area contributed by atoms with Gasteiger partial charge in [0.15, 0.2) is 5.78 Å². The minimum absolute atomic E-state index is 0.0450. The van der Waals surface area contributed by atoms with E-state index in [0.29, 0.717) is 5.56 Å². The third-order valence-electron chi connectivity index (χ3n) is 2.32. The van der Waals surface area contributed by atoms with Crippen LogP contribution in [0.3, 0.4) is 0 Å². The molecule has 16 heavy (non-hydrogen) atoms. The topological polar surface area (TPSA) is 17.1 Å². The summed E-state index contributed by atoms with van der Waals surface area (Å²) in [5.74, 6) is 0.143. The molecule has 0 aliphatic heterocycles. The van der Waals surface area contributed by atoms with Crippen LogP contribution in [-0.2, 0) is 0 Å². The van der Waals surface area contributed by atoms with Crippen molar-refractivity contribution in [2.24, 2.45) is 5.92 Å². The smallest absolute Gasteiger partial charge is 0.294 e. The highest BCUT2D eigenvalue weighted by atomic mass is 32.2. The van der Waals surface area contributed by atoms with Crippen molar-refractivity contribution in [1.29, 1.82) is 0 Å². The molecular formula is C11H9F3OS. The van der Waals surface area contributed by atoms with Crippen LogP contribution in [0, 0.1) is 5.92 Å². The van der Waals surface area contributed by atoms with Gasteiger partial charge in [-0.1, -0.05) is 12.1 Å². The molecule has 2 rings (SSSR count). The lowest BCUT2D eigenvalue weighted by Gasteiger charge is -2.05. The van der Waals surface area contributed by atoms with Gasteiger partial charge in [0.2, 0.25) is 0 Å². The molecule has 0 bridgehead atoms. The van der Waals surface area contributed by atoms with Gasteiger partial charge in [-0.25, -0.2) is 0 Å². The van der Waals surface area contributed by atoms with Crippen LogP contribution in [0.5, 0.6) is 0 Å². The van der Waals surface area contributed by atoms with Crippen molar-refractivity contribution in [2.45, 2.75) is 23.2 Å². The van der Waals surface area contributed by atoms with Gasteiger partial charge in [-0.3, -0.25) is 4.79 Å². The molecule has 1 fully saturated rings. The van der Waals surface area contributed by atoms with Crippen LogP contribution in [0.15, 0.2) is 29.2 Å². The first-order chi connectivity index (χ1) is 7.46. The summed E-state index contributed by atoms with van der Waals surface area (Å²) in [7, 11) is 0. The number of alkyl halides is 3. The Bertz CT molecular complexity index is 393. The van der Waals surface area contributed by atoms with Crippen LogP contribution in [0.1, 0.15) is 23.2 Å². The van der Waals surface area contributed by atoms with Crippen LogP contribution < -0.4 is 0 Å². The van der Waals surface area contributed by atoms with Gasteiger partial charge >= 0.3 is 5.51 Å². The van der Waals surface area contributed by atoms with E-state index in [-0.39, 0.29) is 28.4 Å². The van der Waals surface area contributed by atoms with E-state index in [1.165, 1.54) is 24.3 Å².